The third-order valence-corrected chi connectivity index (χ3v) is 4.29. The number of rotatable bonds is 4. The van der Waals surface area contributed by atoms with E-state index in [1.807, 2.05) is 26.0 Å². The Morgan fingerprint density at radius 2 is 2.04 bits per heavy atom. The van der Waals surface area contributed by atoms with Crippen molar-refractivity contribution in [1.82, 2.24) is 15.0 Å². The molecule has 0 radical (unpaired) electrons. The molecule has 2 aromatic heterocycles. The standard InChI is InChI=1S/C16H15N5OS/c1-9-14(23-10(2)19-9)13-6-7-18-16(21-13)20-12-5-3-4-11(8-12)15(17)22/h3-8H,1-2H3,(H2,17,22)(H,18,20,21). The van der Waals surface area contributed by atoms with E-state index >= 15 is 0 Å². The zero-order valence-corrected chi connectivity index (χ0v) is 13.5. The SMILES string of the molecule is Cc1nc(C)c(-c2ccnc(Nc3cccc(C(N)=O)c3)n2)s1. The second kappa shape index (κ2) is 6.13. The number of nitrogens with two attached hydrogens (primary N) is 1. The van der Waals surface area contributed by atoms with Crippen molar-refractivity contribution in [3.05, 3.63) is 52.8 Å². The van der Waals surface area contributed by atoms with Crippen molar-refractivity contribution >= 4 is 28.9 Å². The van der Waals surface area contributed by atoms with Gasteiger partial charge in [-0.05, 0) is 38.1 Å². The maximum atomic E-state index is 11.2. The average Bonchev–Trinajstić information content (AvgIpc) is 2.86. The number of primary amides is 1. The summed E-state index contributed by atoms with van der Waals surface area (Å²) in [5.41, 5.74) is 8.19. The van der Waals surface area contributed by atoms with Gasteiger partial charge in [-0.25, -0.2) is 15.0 Å². The van der Waals surface area contributed by atoms with Gasteiger partial charge in [0.05, 0.1) is 21.3 Å². The molecule has 0 unspecified atom stereocenters. The van der Waals surface area contributed by atoms with Crippen LogP contribution >= 0.6 is 11.3 Å². The van der Waals surface area contributed by atoms with Gasteiger partial charge in [-0.3, -0.25) is 4.79 Å². The van der Waals surface area contributed by atoms with E-state index in [-0.39, 0.29) is 0 Å². The van der Waals surface area contributed by atoms with Crippen molar-refractivity contribution in [2.45, 2.75) is 13.8 Å². The summed E-state index contributed by atoms with van der Waals surface area (Å²) in [6.45, 7) is 3.93. The molecule has 0 aliphatic carbocycles. The molecule has 116 valence electrons. The number of amides is 1. The van der Waals surface area contributed by atoms with E-state index in [1.165, 1.54) is 0 Å². The fourth-order valence-electron chi connectivity index (χ4n) is 2.19. The summed E-state index contributed by atoms with van der Waals surface area (Å²) < 4.78 is 0. The molecule has 0 saturated heterocycles. The van der Waals surface area contributed by atoms with E-state index in [1.54, 1.807) is 35.7 Å². The van der Waals surface area contributed by atoms with Gasteiger partial charge in [0.15, 0.2) is 0 Å². The van der Waals surface area contributed by atoms with Crippen LogP contribution in [0.5, 0.6) is 0 Å². The Hall–Kier alpha value is -2.80. The Morgan fingerprint density at radius 1 is 1.22 bits per heavy atom. The highest BCUT2D eigenvalue weighted by Crippen LogP contribution is 2.28. The predicted octanol–water partition coefficient (Wildman–Crippen LogP) is 3.06. The van der Waals surface area contributed by atoms with E-state index in [9.17, 15) is 4.79 Å². The van der Waals surface area contributed by atoms with Gasteiger partial charge in [-0.15, -0.1) is 11.3 Å². The minimum absolute atomic E-state index is 0.431. The number of nitrogens with zero attached hydrogens (tertiary/aromatic N) is 3. The lowest BCUT2D eigenvalue weighted by Gasteiger charge is -2.07. The number of anilines is 2. The molecule has 0 aliphatic heterocycles. The summed E-state index contributed by atoms with van der Waals surface area (Å²) in [5.74, 6) is -0.0198. The van der Waals surface area contributed by atoms with Gasteiger partial charge in [0.2, 0.25) is 11.9 Å². The van der Waals surface area contributed by atoms with E-state index in [0.29, 0.717) is 17.2 Å². The zero-order valence-electron chi connectivity index (χ0n) is 12.7. The number of benzene rings is 1. The number of aromatic nitrogens is 3. The number of thiazole rings is 1. The van der Waals surface area contributed by atoms with Crippen LogP contribution in [0.25, 0.3) is 10.6 Å². The quantitative estimate of drug-likeness (QED) is 0.769. The molecule has 2 heterocycles. The molecule has 0 atom stereocenters. The monoisotopic (exact) mass is 325 g/mol. The molecule has 7 heteroatoms. The Morgan fingerprint density at radius 3 is 2.74 bits per heavy atom. The molecule has 3 aromatic rings. The zero-order chi connectivity index (χ0) is 16.4. The van der Waals surface area contributed by atoms with Crippen LogP contribution in [0.1, 0.15) is 21.1 Å². The molecule has 0 bridgehead atoms. The van der Waals surface area contributed by atoms with Crippen molar-refractivity contribution in [3.63, 3.8) is 0 Å². The molecule has 0 saturated carbocycles. The summed E-state index contributed by atoms with van der Waals surface area (Å²) in [7, 11) is 0. The van der Waals surface area contributed by atoms with Crippen LogP contribution in [0.4, 0.5) is 11.6 Å². The van der Waals surface area contributed by atoms with Gasteiger partial charge < -0.3 is 11.1 Å². The van der Waals surface area contributed by atoms with E-state index in [4.69, 9.17) is 5.73 Å². The molecule has 0 spiro atoms. The van der Waals surface area contributed by atoms with Crippen LogP contribution < -0.4 is 11.1 Å². The topological polar surface area (TPSA) is 93.8 Å². The van der Waals surface area contributed by atoms with Gasteiger partial charge in [0, 0.05) is 17.4 Å². The highest BCUT2D eigenvalue weighted by atomic mass is 32.1. The lowest BCUT2D eigenvalue weighted by molar-refractivity contribution is 0.100. The molecule has 0 fully saturated rings. The van der Waals surface area contributed by atoms with Crippen molar-refractivity contribution in [3.8, 4) is 10.6 Å². The smallest absolute Gasteiger partial charge is 0.248 e. The van der Waals surface area contributed by atoms with Crippen molar-refractivity contribution in [1.29, 1.82) is 0 Å². The lowest BCUT2D eigenvalue weighted by Crippen LogP contribution is -2.11. The molecule has 0 aliphatic rings. The Kier molecular flexibility index (Phi) is 4.03. The molecule has 3 rings (SSSR count). The molecule has 1 amide bonds. The number of aryl methyl sites for hydroxylation is 2. The first kappa shape index (κ1) is 15.1. The van der Waals surface area contributed by atoms with E-state index in [2.05, 4.69) is 20.3 Å². The molecular weight excluding hydrogens is 310 g/mol. The summed E-state index contributed by atoms with van der Waals surface area (Å²) >= 11 is 1.60. The summed E-state index contributed by atoms with van der Waals surface area (Å²) in [6, 6.07) is 8.76. The van der Waals surface area contributed by atoms with Crippen LogP contribution in [0, 0.1) is 13.8 Å². The number of carbonyl (C=O) groups excluding carboxylic acids is 1. The Balaban J connectivity index is 1.90. The maximum absolute atomic E-state index is 11.2. The van der Waals surface area contributed by atoms with Gasteiger partial charge in [-0.2, -0.15) is 0 Å². The minimum atomic E-state index is -0.473. The number of carbonyl (C=O) groups is 1. The molecule has 6 nitrogen and oxygen atoms in total. The van der Waals surface area contributed by atoms with Crippen LogP contribution in [-0.4, -0.2) is 20.9 Å². The fraction of sp³-hybridized carbons (Fsp3) is 0.125. The van der Waals surface area contributed by atoms with Crippen molar-refractivity contribution < 1.29 is 4.79 Å². The molecular formula is C16H15N5OS. The minimum Gasteiger partial charge on any atom is -0.366 e. The Labute approximate surface area is 137 Å². The number of nitrogens with one attached hydrogen (secondary N) is 1. The highest BCUT2D eigenvalue weighted by Gasteiger charge is 2.10. The second-order valence-electron chi connectivity index (χ2n) is 4.98. The summed E-state index contributed by atoms with van der Waals surface area (Å²) in [6.07, 6.45) is 1.69. The largest absolute Gasteiger partial charge is 0.366 e. The molecule has 1 aromatic carbocycles. The van der Waals surface area contributed by atoms with Gasteiger partial charge in [-0.1, -0.05) is 6.07 Å². The van der Waals surface area contributed by atoms with Gasteiger partial charge >= 0.3 is 0 Å². The predicted molar refractivity (Wildman–Crippen MR) is 90.9 cm³/mol. The maximum Gasteiger partial charge on any atom is 0.248 e. The first-order chi connectivity index (χ1) is 11.0. The third kappa shape index (κ3) is 3.35. The van der Waals surface area contributed by atoms with Crippen LogP contribution in [0.15, 0.2) is 36.5 Å². The Bertz CT molecular complexity index is 874. The third-order valence-electron chi connectivity index (χ3n) is 3.19. The number of hydrogen-bond acceptors (Lipinski definition) is 6. The van der Waals surface area contributed by atoms with E-state index < -0.39 is 5.91 Å². The van der Waals surface area contributed by atoms with Crippen molar-refractivity contribution in [2.75, 3.05) is 5.32 Å². The fourth-order valence-corrected chi connectivity index (χ4v) is 3.08. The van der Waals surface area contributed by atoms with Crippen LogP contribution in [-0.2, 0) is 0 Å². The second-order valence-corrected chi connectivity index (χ2v) is 6.19. The van der Waals surface area contributed by atoms with Gasteiger partial charge in [0.1, 0.15) is 0 Å². The highest BCUT2D eigenvalue weighted by molar-refractivity contribution is 7.15. The first-order valence-corrected chi connectivity index (χ1v) is 7.79. The summed E-state index contributed by atoms with van der Waals surface area (Å²) in [5, 5.41) is 4.09. The lowest BCUT2D eigenvalue weighted by atomic mass is 10.2. The van der Waals surface area contributed by atoms with E-state index in [0.717, 1.165) is 21.3 Å². The molecule has 23 heavy (non-hydrogen) atoms. The molecule has 3 N–H and O–H groups in total. The van der Waals surface area contributed by atoms with Crippen LogP contribution in [0.3, 0.4) is 0 Å². The normalized spacial score (nSPS) is 10.5. The van der Waals surface area contributed by atoms with Crippen LogP contribution in [0.2, 0.25) is 0 Å². The van der Waals surface area contributed by atoms with Crippen molar-refractivity contribution in [2.24, 2.45) is 5.73 Å². The first-order valence-electron chi connectivity index (χ1n) is 6.97. The average molecular weight is 325 g/mol. The number of hydrogen-bond donors (Lipinski definition) is 2. The van der Waals surface area contributed by atoms with Gasteiger partial charge in [0.25, 0.3) is 0 Å². The summed E-state index contributed by atoms with van der Waals surface area (Å²) in [4.78, 5) is 25.4.